The van der Waals surface area contributed by atoms with E-state index in [1.807, 2.05) is 0 Å². The highest BCUT2D eigenvalue weighted by Crippen LogP contribution is 2.23. The van der Waals surface area contributed by atoms with Gasteiger partial charge < -0.3 is 15.7 Å². The topological polar surface area (TPSA) is 61.4 Å². The zero-order valence-corrected chi connectivity index (χ0v) is 11.7. The van der Waals surface area contributed by atoms with E-state index in [0.29, 0.717) is 0 Å². The van der Waals surface area contributed by atoms with Gasteiger partial charge >= 0.3 is 6.03 Å². The summed E-state index contributed by atoms with van der Waals surface area (Å²) in [5.74, 6) is -1.64. The van der Waals surface area contributed by atoms with Gasteiger partial charge in [0.15, 0.2) is 0 Å². The summed E-state index contributed by atoms with van der Waals surface area (Å²) >= 11 is 0. The number of anilines is 1. The van der Waals surface area contributed by atoms with Crippen molar-refractivity contribution in [3.8, 4) is 0 Å². The average Bonchev–Trinajstić information content (AvgIpc) is 2.68. The summed E-state index contributed by atoms with van der Waals surface area (Å²) in [7, 11) is 0. The average molecular weight is 298 g/mol. The number of aliphatic hydroxyl groups excluding tert-OH is 1. The van der Waals surface area contributed by atoms with Crippen molar-refractivity contribution >= 4 is 11.7 Å². The Morgan fingerprint density at radius 3 is 2.52 bits per heavy atom. The van der Waals surface area contributed by atoms with Gasteiger partial charge in [-0.15, -0.1) is 0 Å². The zero-order chi connectivity index (χ0) is 15.2. The quantitative estimate of drug-likeness (QED) is 0.751. The van der Waals surface area contributed by atoms with Gasteiger partial charge in [0, 0.05) is 18.6 Å². The van der Waals surface area contributed by atoms with E-state index in [9.17, 15) is 18.7 Å². The molecule has 1 aliphatic rings. The lowest BCUT2D eigenvalue weighted by molar-refractivity contribution is 0.182. The second-order valence-corrected chi connectivity index (χ2v) is 5.38. The van der Waals surface area contributed by atoms with Gasteiger partial charge in [-0.25, -0.2) is 13.6 Å². The normalized spacial score (nSPS) is 22.4. The van der Waals surface area contributed by atoms with Crippen molar-refractivity contribution in [2.24, 2.45) is 5.92 Å². The number of carbonyl (C=O) groups is 1. The third-order valence-corrected chi connectivity index (χ3v) is 3.91. The summed E-state index contributed by atoms with van der Waals surface area (Å²) in [6.45, 7) is -0.000986. The molecule has 2 rings (SSSR count). The molecule has 0 bridgehead atoms. The van der Waals surface area contributed by atoms with E-state index < -0.39 is 23.4 Å². The van der Waals surface area contributed by atoms with Crippen LogP contribution in [0.5, 0.6) is 0 Å². The molecule has 0 aliphatic heterocycles. The molecule has 4 nitrogen and oxygen atoms in total. The molecule has 2 amide bonds. The predicted octanol–water partition coefficient (Wildman–Crippen LogP) is 3.03. The number of amides is 2. The molecule has 3 N–H and O–H groups in total. The minimum atomic E-state index is -0.815. The van der Waals surface area contributed by atoms with E-state index in [0.717, 1.165) is 44.2 Å². The van der Waals surface area contributed by atoms with Crippen LogP contribution >= 0.6 is 0 Å². The summed E-state index contributed by atoms with van der Waals surface area (Å²) in [6, 6.07) is 2.58. The molecule has 0 radical (unpaired) electrons. The molecular formula is C15H20F2N2O2. The maximum absolute atomic E-state index is 13.5. The van der Waals surface area contributed by atoms with E-state index >= 15 is 0 Å². The molecule has 0 saturated heterocycles. The summed E-state index contributed by atoms with van der Waals surface area (Å²) < 4.78 is 26.9. The van der Waals surface area contributed by atoms with Crippen LogP contribution in [0.3, 0.4) is 0 Å². The van der Waals surface area contributed by atoms with E-state index in [-0.39, 0.29) is 18.6 Å². The maximum atomic E-state index is 13.5. The lowest BCUT2D eigenvalue weighted by atomic mass is 9.96. The van der Waals surface area contributed by atoms with Crippen molar-refractivity contribution in [3.63, 3.8) is 0 Å². The number of urea groups is 1. The third kappa shape index (κ3) is 4.14. The largest absolute Gasteiger partial charge is 0.396 e. The monoisotopic (exact) mass is 298 g/mol. The summed E-state index contributed by atoms with van der Waals surface area (Å²) in [4.78, 5) is 11.9. The van der Waals surface area contributed by atoms with E-state index in [1.54, 1.807) is 0 Å². The van der Waals surface area contributed by atoms with Gasteiger partial charge in [-0.1, -0.05) is 25.3 Å². The molecule has 1 saturated carbocycles. The smallest absolute Gasteiger partial charge is 0.319 e. The molecule has 1 aliphatic carbocycles. The standard InChI is InChI=1S/C15H20F2N2O2/c16-11-6-4-7-12(17)14(11)19-15(21)18-13-8-3-1-2-5-10(13)9-20/h4,6-7,10,13,20H,1-3,5,8-9H2,(H2,18,19,21). The van der Waals surface area contributed by atoms with Crippen molar-refractivity contribution in [3.05, 3.63) is 29.8 Å². The van der Waals surface area contributed by atoms with E-state index in [1.165, 1.54) is 6.07 Å². The van der Waals surface area contributed by atoms with Gasteiger partial charge in [-0.2, -0.15) is 0 Å². The Morgan fingerprint density at radius 2 is 1.86 bits per heavy atom. The lowest BCUT2D eigenvalue weighted by Crippen LogP contribution is -2.43. The molecular weight excluding hydrogens is 278 g/mol. The van der Waals surface area contributed by atoms with Crippen LogP contribution in [0.1, 0.15) is 32.1 Å². The molecule has 0 aromatic heterocycles. The fraction of sp³-hybridized carbons (Fsp3) is 0.533. The van der Waals surface area contributed by atoms with Crippen molar-refractivity contribution < 1.29 is 18.7 Å². The van der Waals surface area contributed by atoms with Crippen molar-refractivity contribution in [1.29, 1.82) is 0 Å². The molecule has 1 aromatic rings. The number of benzene rings is 1. The zero-order valence-electron chi connectivity index (χ0n) is 11.7. The van der Waals surface area contributed by atoms with Gasteiger partial charge in [0.2, 0.25) is 0 Å². The van der Waals surface area contributed by atoms with Crippen molar-refractivity contribution in [2.75, 3.05) is 11.9 Å². The van der Waals surface area contributed by atoms with Crippen molar-refractivity contribution in [2.45, 2.75) is 38.1 Å². The lowest BCUT2D eigenvalue weighted by Gasteiger charge is -2.24. The van der Waals surface area contributed by atoms with Crippen LogP contribution < -0.4 is 10.6 Å². The predicted molar refractivity (Wildman–Crippen MR) is 76.0 cm³/mol. The molecule has 0 heterocycles. The first-order valence-electron chi connectivity index (χ1n) is 7.24. The van der Waals surface area contributed by atoms with Gasteiger partial charge in [0.25, 0.3) is 0 Å². The summed E-state index contributed by atoms with van der Waals surface area (Å²) in [5, 5.41) is 14.3. The van der Waals surface area contributed by atoms with Crippen molar-refractivity contribution in [1.82, 2.24) is 5.32 Å². The summed E-state index contributed by atoms with van der Waals surface area (Å²) in [6.07, 6.45) is 4.66. The number of hydrogen-bond acceptors (Lipinski definition) is 2. The first-order chi connectivity index (χ1) is 10.1. The fourth-order valence-corrected chi connectivity index (χ4v) is 2.73. The number of halogens is 2. The second kappa shape index (κ2) is 7.36. The Bertz CT molecular complexity index is 476. The molecule has 1 fully saturated rings. The maximum Gasteiger partial charge on any atom is 0.319 e. The number of hydrogen-bond donors (Lipinski definition) is 3. The van der Waals surface area contributed by atoms with Gasteiger partial charge in [0.05, 0.1) is 0 Å². The van der Waals surface area contributed by atoms with Crippen LogP contribution in [0.15, 0.2) is 18.2 Å². The van der Waals surface area contributed by atoms with Crippen LogP contribution in [0, 0.1) is 17.6 Å². The van der Waals surface area contributed by atoms with E-state index in [2.05, 4.69) is 10.6 Å². The van der Waals surface area contributed by atoms with Crippen LogP contribution in [-0.4, -0.2) is 23.8 Å². The minimum Gasteiger partial charge on any atom is -0.396 e. The molecule has 6 heteroatoms. The Hall–Kier alpha value is -1.69. The third-order valence-electron chi connectivity index (χ3n) is 3.91. The van der Waals surface area contributed by atoms with Gasteiger partial charge in [-0.3, -0.25) is 0 Å². The fourth-order valence-electron chi connectivity index (χ4n) is 2.73. The van der Waals surface area contributed by atoms with Crippen LogP contribution in [0.2, 0.25) is 0 Å². The van der Waals surface area contributed by atoms with E-state index in [4.69, 9.17) is 0 Å². The van der Waals surface area contributed by atoms with Crippen LogP contribution in [0.25, 0.3) is 0 Å². The Morgan fingerprint density at radius 1 is 1.19 bits per heavy atom. The Balaban J connectivity index is 2.00. The number of aliphatic hydroxyl groups is 1. The molecule has 116 valence electrons. The molecule has 21 heavy (non-hydrogen) atoms. The van der Waals surface area contributed by atoms with Gasteiger partial charge in [0.1, 0.15) is 17.3 Å². The second-order valence-electron chi connectivity index (χ2n) is 5.38. The highest BCUT2D eigenvalue weighted by molar-refractivity contribution is 5.89. The Labute approximate surface area is 122 Å². The SMILES string of the molecule is O=C(Nc1c(F)cccc1F)NC1CCCCCC1CO. The summed E-state index contributed by atoms with van der Waals surface area (Å²) in [5.41, 5.74) is -0.454. The molecule has 2 atom stereocenters. The van der Waals surface area contributed by atoms with Crippen LogP contribution in [-0.2, 0) is 0 Å². The number of rotatable bonds is 3. The number of carbonyl (C=O) groups excluding carboxylic acids is 1. The first-order valence-corrected chi connectivity index (χ1v) is 7.24. The Kier molecular flexibility index (Phi) is 5.50. The van der Waals surface area contributed by atoms with Crippen LogP contribution in [0.4, 0.5) is 19.3 Å². The number of nitrogens with one attached hydrogen (secondary N) is 2. The molecule has 0 spiro atoms. The first kappa shape index (κ1) is 15.7. The highest BCUT2D eigenvalue weighted by Gasteiger charge is 2.25. The minimum absolute atomic E-state index is 0.000986. The highest BCUT2D eigenvalue weighted by atomic mass is 19.1. The molecule has 1 aromatic carbocycles. The molecule has 2 unspecified atom stereocenters. The van der Waals surface area contributed by atoms with Gasteiger partial charge in [-0.05, 0) is 25.0 Å². The number of para-hydroxylation sites is 1.